The quantitative estimate of drug-likeness (QED) is 0.734. The van der Waals surface area contributed by atoms with Crippen molar-refractivity contribution in [2.75, 3.05) is 0 Å². The lowest BCUT2D eigenvalue weighted by atomic mass is 10.1. The van der Waals surface area contributed by atoms with E-state index in [0.29, 0.717) is 0 Å². The molecule has 14 heavy (non-hydrogen) atoms. The first-order chi connectivity index (χ1) is 6.63. The number of aromatic nitrogens is 3. The van der Waals surface area contributed by atoms with Gasteiger partial charge in [-0.3, -0.25) is 9.48 Å². The summed E-state index contributed by atoms with van der Waals surface area (Å²) >= 11 is 0. The van der Waals surface area contributed by atoms with Gasteiger partial charge in [-0.1, -0.05) is 6.92 Å². The van der Waals surface area contributed by atoms with Crippen LogP contribution in [0.25, 0.3) is 11.0 Å². The van der Waals surface area contributed by atoms with Gasteiger partial charge in [-0.25, -0.2) is 0 Å². The summed E-state index contributed by atoms with van der Waals surface area (Å²) in [5.41, 5.74) is 2.79. The first-order valence-electron chi connectivity index (χ1n) is 4.69. The Morgan fingerprint density at radius 2 is 2.29 bits per heavy atom. The lowest BCUT2D eigenvalue weighted by Gasteiger charge is -1.99. The molecule has 0 saturated carbocycles. The van der Waals surface area contributed by atoms with Gasteiger partial charge in [0.1, 0.15) is 5.65 Å². The van der Waals surface area contributed by atoms with Crippen LogP contribution in [0.3, 0.4) is 0 Å². The standard InChI is InChI=1S/C10H13N3O/c1-4-7-5-8(14)11-10-9(7)6(2)12-13(10)3/h5H,4H2,1-3H3,(H,11,14). The second-order valence-corrected chi connectivity index (χ2v) is 3.45. The molecular formula is C10H13N3O. The Balaban J connectivity index is 2.98. The maximum absolute atomic E-state index is 11.3. The minimum atomic E-state index is -0.0580. The van der Waals surface area contributed by atoms with E-state index >= 15 is 0 Å². The van der Waals surface area contributed by atoms with Crippen LogP contribution in [0.1, 0.15) is 18.2 Å². The molecule has 0 unspecified atom stereocenters. The summed E-state index contributed by atoms with van der Waals surface area (Å²) in [6.45, 7) is 4.00. The van der Waals surface area contributed by atoms with Crippen molar-refractivity contribution in [1.29, 1.82) is 0 Å². The van der Waals surface area contributed by atoms with Gasteiger partial charge >= 0.3 is 0 Å². The largest absolute Gasteiger partial charge is 0.307 e. The van der Waals surface area contributed by atoms with Crippen molar-refractivity contribution >= 4 is 11.0 Å². The third-order valence-corrected chi connectivity index (χ3v) is 2.47. The molecule has 2 aromatic heterocycles. The zero-order chi connectivity index (χ0) is 10.3. The number of nitrogens with zero attached hydrogens (tertiary/aromatic N) is 2. The fourth-order valence-corrected chi connectivity index (χ4v) is 1.85. The molecular weight excluding hydrogens is 178 g/mol. The number of H-pyrrole nitrogens is 1. The number of pyridine rings is 1. The Kier molecular flexibility index (Phi) is 1.91. The topological polar surface area (TPSA) is 50.7 Å². The van der Waals surface area contributed by atoms with Gasteiger partial charge in [-0.2, -0.15) is 5.10 Å². The molecule has 0 aromatic carbocycles. The molecule has 0 radical (unpaired) electrons. The Morgan fingerprint density at radius 1 is 1.57 bits per heavy atom. The normalized spacial score (nSPS) is 11.1. The predicted octanol–water partition coefficient (Wildman–Crippen LogP) is 1.13. The van der Waals surface area contributed by atoms with Gasteiger partial charge in [-0.15, -0.1) is 0 Å². The van der Waals surface area contributed by atoms with E-state index in [9.17, 15) is 4.79 Å². The summed E-state index contributed by atoms with van der Waals surface area (Å²) < 4.78 is 1.71. The zero-order valence-corrected chi connectivity index (χ0v) is 8.59. The monoisotopic (exact) mass is 191 g/mol. The molecule has 0 saturated heterocycles. The van der Waals surface area contributed by atoms with Crippen LogP contribution in [0, 0.1) is 6.92 Å². The maximum Gasteiger partial charge on any atom is 0.249 e. The summed E-state index contributed by atoms with van der Waals surface area (Å²) in [6, 6.07) is 1.65. The number of aryl methyl sites for hydroxylation is 3. The van der Waals surface area contributed by atoms with Crippen molar-refractivity contribution in [3.05, 3.63) is 27.7 Å². The molecule has 74 valence electrons. The van der Waals surface area contributed by atoms with Crippen LogP contribution in [-0.4, -0.2) is 14.8 Å². The highest BCUT2D eigenvalue weighted by Crippen LogP contribution is 2.18. The first-order valence-corrected chi connectivity index (χ1v) is 4.69. The van der Waals surface area contributed by atoms with Crippen molar-refractivity contribution in [3.8, 4) is 0 Å². The molecule has 0 spiro atoms. The van der Waals surface area contributed by atoms with Gasteiger partial charge in [0.05, 0.1) is 5.69 Å². The van der Waals surface area contributed by atoms with Crippen molar-refractivity contribution in [2.24, 2.45) is 7.05 Å². The van der Waals surface area contributed by atoms with Crippen LogP contribution >= 0.6 is 0 Å². The highest BCUT2D eigenvalue weighted by molar-refractivity contribution is 5.81. The average Bonchev–Trinajstić information content (AvgIpc) is 2.41. The fourth-order valence-electron chi connectivity index (χ4n) is 1.85. The summed E-state index contributed by atoms with van der Waals surface area (Å²) in [7, 11) is 1.84. The molecule has 0 amide bonds. The molecule has 2 rings (SSSR count). The van der Waals surface area contributed by atoms with Crippen LogP contribution in [0.4, 0.5) is 0 Å². The summed E-state index contributed by atoms with van der Waals surface area (Å²) in [5.74, 6) is 0. The van der Waals surface area contributed by atoms with E-state index in [1.54, 1.807) is 10.7 Å². The zero-order valence-electron chi connectivity index (χ0n) is 8.59. The molecule has 0 fully saturated rings. The first kappa shape index (κ1) is 8.99. The highest BCUT2D eigenvalue weighted by Gasteiger charge is 2.09. The minimum Gasteiger partial charge on any atom is -0.307 e. The lowest BCUT2D eigenvalue weighted by Crippen LogP contribution is -2.07. The van der Waals surface area contributed by atoms with E-state index in [1.165, 1.54) is 0 Å². The second kappa shape index (κ2) is 2.97. The predicted molar refractivity (Wildman–Crippen MR) is 55.4 cm³/mol. The van der Waals surface area contributed by atoms with Crippen LogP contribution in [0.5, 0.6) is 0 Å². The number of fused-ring (bicyclic) bond motifs is 1. The van der Waals surface area contributed by atoms with Crippen LogP contribution in [0.2, 0.25) is 0 Å². The number of rotatable bonds is 1. The molecule has 4 nitrogen and oxygen atoms in total. The van der Waals surface area contributed by atoms with Crippen molar-refractivity contribution in [1.82, 2.24) is 14.8 Å². The molecule has 0 aliphatic carbocycles. The minimum absolute atomic E-state index is 0.0580. The molecule has 2 aromatic rings. The SMILES string of the molecule is CCc1cc(=O)[nH]c2c1c(C)nn2C. The Hall–Kier alpha value is -1.58. The number of hydrogen-bond acceptors (Lipinski definition) is 2. The van der Waals surface area contributed by atoms with E-state index in [-0.39, 0.29) is 5.56 Å². The molecule has 0 bridgehead atoms. The van der Waals surface area contributed by atoms with Gasteiger partial charge < -0.3 is 4.98 Å². The Labute approximate surface area is 81.6 Å². The third kappa shape index (κ3) is 1.14. The number of nitrogens with one attached hydrogen (secondary N) is 1. The smallest absolute Gasteiger partial charge is 0.249 e. The van der Waals surface area contributed by atoms with Crippen molar-refractivity contribution < 1.29 is 0 Å². The average molecular weight is 191 g/mol. The summed E-state index contributed by atoms with van der Waals surface area (Å²) in [5, 5.41) is 5.36. The van der Waals surface area contributed by atoms with Crippen molar-refractivity contribution in [2.45, 2.75) is 20.3 Å². The number of hydrogen-bond donors (Lipinski definition) is 1. The second-order valence-electron chi connectivity index (χ2n) is 3.45. The highest BCUT2D eigenvalue weighted by atomic mass is 16.1. The Bertz CT molecular complexity index is 536. The molecule has 0 aliphatic rings. The fraction of sp³-hybridized carbons (Fsp3) is 0.400. The van der Waals surface area contributed by atoms with Gasteiger partial charge in [0, 0.05) is 18.5 Å². The van der Waals surface area contributed by atoms with Gasteiger partial charge in [0.25, 0.3) is 0 Å². The molecule has 1 N–H and O–H groups in total. The van der Waals surface area contributed by atoms with Crippen LogP contribution in [-0.2, 0) is 13.5 Å². The van der Waals surface area contributed by atoms with Gasteiger partial charge in [0.2, 0.25) is 5.56 Å². The van der Waals surface area contributed by atoms with E-state index in [0.717, 1.165) is 28.7 Å². The van der Waals surface area contributed by atoms with E-state index < -0.39 is 0 Å². The molecule has 2 heterocycles. The summed E-state index contributed by atoms with van der Waals surface area (Å²) in [4.78, 5) is 14.1. The van der Waals surface area contributed by atoms with E-state index in [2.05, 4.69) is 10.1 Å². The summed E-state index contributed by atoms with van der Waals surface area (Å²) in [6.07, 6.45) is 0.854. The molecule has 0 atom stereocenters. The molecule has 0 aliphatic heterocycles. The Morgan fingerprint density at radius 3 is 2.93 bits per heavy atom. The number of aromatic amines is 1. The van der Waals surface area contributed by atoms with Crippen LogP contribution in [0.15, 0.2) is 10.9 Å². The van der Waals surface area contributed by atoms with Gasteiger partial charge in [-0.05, 0) is 18.9 Å². The van der Waals surface area contributed by atoms with Crippen molar-refractivity contribution in [3.63, 3.8) is 0 Å². The lowest BCUT2D eigenvalue weighted by molar-refractivity contribution is 0.772. The maximum atomic E-state index is 11.3. The van der Waals surface area contributed by atoms with Gasteiger partial charge in [0.15, 0.2) is 0 Å². The van der Waals surface area contributed by atoms with E-state index in [1.807, 2.05) is 20.9 Å². The van der Waals surface area contributed by atoms with E-state index in [4.69, 9.17) is 0 Å². The molecule has 4 heteroatoms. The van der Waals surface area contributed by atoms with Crippen LogP contribution < -0.4 is 5.56 Å². The third-order valence-electron chi connectivity index (χ3n) is 2.47.